The summed E-state index contributed by atoms with van der Waals surface area (Å²) in [5.41, 5.74) is 5.56. The van der Waals surface area contributed by atoms with Gasteiger partial charge in [0.2, 0.25) is 10.0 Å². The third kappa shape index (κ3) is 3.78. The number of amides is 1. The standard InChI is InChI=1S/C13H18FN3O3S/c14-12-4-3-10(21(16,19)20)8-11(12)13(18)17-6-1-2-9(15)5-7-17/h3-4,8-9H,1-2,5-7,15H2,(H2,16,19,20)/t9-/m0/s1. The van der Waals surface area contributed by atoms with E-state index >= 15 is 0 Å². The molecule has 0 spiro atoms. The van der Waals surface area contributed by atoms with Crippen LogP contribution in [0.4, 0.5) is 4.39 Å². The quantitative estimate of drug-likeness (QED) is 0.825. The minimum atomic E-state index is -3.98. The van der Waals surface area contributed by atoms with Crippen molar-refractivity contribution in [2.45, 2.75) is 30.2 Å². The number of halogens is 1. The fourth-order valence-electron chi connectivity index (χ4n) is 2.34. The summed E-state index contributed by atoms with van der Waals surface area (Å²) in [6, 6.07) is 3.00. The summed E-state index contributed by atoms with van der Waals surface area (Å²) in [5.74, 6) is -1.30. The van der Waals surface area contributed by atoms with Gasteiger partial charge in [-0.2, -0.15) is 0 Å². The van der Waals surface area contributed by atoms with Gasteiger partial charge in [-0.1, -0.05) is 0 Å². The molecule has 2 rings (SSSR count). The molecule has 6 nitrogen and oxygen atoms in total. The molecular weight excluding hydrogens is 297 g/mol. The normalized spacial score (nSPS) is 20.1. The summed E-state index contributed by atoms with van der Waals surface area (Å²) in [7, 11) is -3.98. The van der Waals surface area contributed by atoms with Crippen LogP contribution in [0.1, 0.15) is 29.6 Å². The van der Waals surface area contributed by atoms with E-state index in [1.54, 1.807) is 0 Å². The van der Waals surface area contributed by atoms with Gasteiger partial charge in [0.1, 0.15) is 5.82 Å². The monoisotopic (exact) mass is 315 g/mol. The van der Waals surface area contributed by atoms with Crippen LogP contribution in [0, 0.1) is 5.82 Å². The number of primary sulfonamides is 1. The molecule has 8 heteroatoms. The number of nitrogens with two attached hydrogens (primary N) is 2. The summed E-state index contributed by atoms with van der Waals surface area (Å²) in [6.07, 6.45) is 2.19. The summed E-state index contributed by atoms with van der Waals surface area (Å²) < 4.78 is 36.4. The average molecular weight is 315 g/mol. The second-order valence-corrected chi connectivity index (χ2v) is 6.73. The number of likely N-dealkylation sites (tertiary alicyclic amines) is 1. The maximum absolute atomic E-state index is 13.8. The molecule has 1 aliphatic rings. The first-order valence-electron chi connectivity index (χ1n) is 6.66. The number of carbonyl (C=O) groups is 1. The van der Waals surface area contributed by atoms with E-state index in [2.05, 4.69) is 0 Å². The van der Waals surface area contributed by atoms with Gasteiger partial charge in [-0.15, -0.1) is 0 Å². The highest BCUT2D eigenvalue weighted by Crippen LogP contribution is 2.18. The SMILES string of the molecule is N[C@H]1CCCN(C(=O)c2cc(S(N)(=O)=O)ccc2F)CC1. The van der Waals surface area contributed by atoms with Crippen molar-refractivity contribution in [3.05, 3.63) is 29.6 Å². The van der Waals surface area contributed by atoms with Crippen LogP contribution in [0.3, 0.4) is 0 Å². The summed E-state index contributed by atoms with van der Waals surface area (Å²) >= 11 is 0. The van der Waals surface area contributed by atoms with Crippen molar-refractivity contribution in [1.29, 1.82) is 0 Å². The highest BCUT2D eigenvalue weighted by Gasteiger charge is 2.23. The van der Waals surface area contributed by atoms with Crippen molar-refractivity contribution >= 4 is 15.9 Å². The van der Waals surface area contributed by atoms with Crippen LogP contribution < -0.4 is 10.9 Å². The number of nitrogens with zero attached hydrogens (tertiary/aromatic N) is 1. The lowest BCUT2D eigenvalue weighted by molar-refractivity contribution is 0.0756. The molecular formula is C13H18FN3O3S. The maximum Gasteiger partial charge on any atom is 0.256 e. The van der Waals surface area contributed by atoms with E-state index in [4.69, 9.17) is 10.9 Å². The van der Waals surface area contributed by atoms with Crippen LogP contribution in [0.5, 0.6) is 0 Å². The molecule has 0 bridgehead atoms. The van der Waals surface area contributed by atoms with Crippen molar-refractivity contribution < 1.29 is 17.6 Å². The Kier molecular flexibility index (Phi) is 4.60. The second kappa shape index (κ2) is 6.08. The van der Waals surface area contributed by atoms with Gasteiger partial charge < -0.3 is 10.6 Å². The number of carbonyl (C=O) groups excluding carboxylic acids is 1. The van der Waals surface area contributed by atoms with Crippen molar-refractivity contribution in [3.8, 4) is 0 Å². The van der Waals surface area contributed by atoms with Crippen molar-refractivity contribution in [2.24, 2.45) is 10.9 Å². The fourth-order valence-corrected chi connectivity index (χ4v) is 2.88. The number of benzene rings is 1. The largest absolute Gasteiger partial charge is 0.338 e. The molecule has 0 radical (unpaired) electrons. The first-order chi connectivity index (χ1) is 9.79. The molecule has 0 aromatic heterocycles. The highest BCUT2D eigenvalue weighted by molar-refractivity contribution is 7.89. The van der Waals surface area contributed by atoms with E-state index in [0.29, 0.717) is 19.5 Å². The highest BCUT2D eigenvalue weighted by atomic mass is 32.2. The predicted octanol–water partition coefficient (Wildman–Crippen LogP) is 0.427. The minimum Gasteiger partial charge on any atom is -0.338 e. The van der Waals surface area contributed by atoms with E-state index in [1.807, 2.05) is 0 Å². The molecule has 1 aliphatic heterocycles. The smallest absolute Gasteiger partial charge is 0.256 e. The number of hydrogen-bond donors (Lipinski definition) is 2. The van der Waals surface area contributed by atoms with Crippen LogP contribution in [-0.4, -0.2) is 38.4 Å². The van der Waals surface area contributed by atoms with E-state index in [-0.39, 0.29) is 16.5 Å². The third-order valence-electron chi connectivity index (χ3n) is 3.56. The fraction of sp³-hybridized carbons (Fsp3) is 0.462. The lowest BCUT2D eigenvalue weighted by atomic mass is 10.1. The van der Waals surface area contributed by atoms with Crippen LogP contribution in [0.15, 0.2) is 23.1 Å². The molecule has 1 heterocycles. The molecule has 1 atom stereocenters. The van der Waals surface area contributed by atoms with Gasteiger partial charge in [-0.25, -0.2) is 17.9 Å². The molecule has 1 saturated heterocycles. The van der Waals surface area contributed by atoms with Gasteiger partial charge in [-0.3, -0.25) is 4.79 Å². The minimum absolute atomic E-state index is 0.0309. The number of rotatable bonds is 2. The maximum atomic E-state index is 13.8. The number of hydrogen-bond acceptors (Lipinski definition) is 4. The average Bonchev–Trinajstić information content (AvgIpc) is 2.62. The molecule has 1 amide bonds. The predicted molar refractivity (Wildman–Crippen MR) is 75.5 cm³/mol. The molecule has 0 saturated carbocycles. The molecule has 116 valence electrons. The zero-order valence-corrected chi connectivity index (χ0v) is 12.3. The third-order valence-corrected chi connectivity index (χ3v) is 4.47. The van der Waals surface area contributed by atoms with Crippen LogP contribution >= 0.6 is 0 Å². The molecule has 21 heavy (non-hydrogen) atoms. The Hall–Kier alpha value is -1.51. The Morgan fingerprint density at radius 1 is 1.29 bits per heavy atom. The van der Waals surface area contributed by atoms with Crippen molar-refractivity contribution in [3.63, 3.8) is 0 Å². The van der Waals surface area contributed by atoms with Gasteiger partial charge in [0.05, 0.1) is 10.5 Å². The zero-order chi connectivity index (χ0) is 15.6. The molecule has 1 fully saturated rings. The summed E-state index contributed by atoms with van der Waals surface area (Å²) in [5, 5.41) is 5.01. The van der Waals surface area contributed by atoms with Crippen LogP contribution in [-0.2, 0) is 10.0 Å². The second-order valence-electron chi connectivity index (χ2n) is 5.17. The van der Waals surface area contributed by atoms with Crippen molar-refractivity contribution in [1.82, 2.24) is 4.90 Å². The molecule has 0 unspecified atom stereocenters. The topological polar surface area (TPSA) is 106 Å². The Labute approximate surface area is 123 Å². The Bertz CT molecular complexity index is 648. The first kappa shape index (κ1) is 15.9. The van der Waals surface area contributed by atoms with E-state index in [0.717, 1.165) is 31.0 Å². The van der Waals surface area contributed by atoms with Gasteiger partial charge in [0, 0.05) is 19.1 Å². The van der Waals surface area contributed by atoms with Gasteiger partial charge in [0.25, 0.3) is 5.91 Å². The molecule has 1 aromatic rings. The Balaban J connectivity index is 2.30. The van der Waals surface area contributed by atoms with Gasteiger partial charge in [-0.05, 0) is 37.5 Å². The van der Waals surface area contributed by atoms with Crippen molar-refractivity contribution in [2.75, 3.05) is 13.1 Å². The molecule has 4 N–H and O–H groups in total. The van der Waals surface area contributed by atoms with E-state index in [1.165, 1.54) is 4.90 Å². The number of sulfonamides is 1. The zero-order valence-electron chi connectivity index (χ0n) is 11.5. The van der Waals surface area contributed by atoms with Gasteiger partial charge >= 0.3 is 0 Å². The molecule has 0 aliphatic carbocycles. The molecule has 1 aromatic carbocycles. The van der Waals surface area contributed by atoms with E-state index in [9.17, 15) is 17.6 Å². The first-order valence-corrected chi connectivity index (χ1v) is 8.21. The van der Waals surface area contributed by atoms with E-state index < -0.39 is 21.7 Å². The Morgan fingerprint density at radius 2 is 2.00 bits per heavy atom. The summed E-state index contributed by atoms with van der Waals surface area (Å²) in [4.78, 5) is 13.6. The van der Waals surface area contributed by atoms with Crippen LogP contribution in [0.25, 0.3) is 0 Å². The lowest BCUT2D eigenvalue weighted by Gasteiger charge is -2.21. The lowest BCUT2D eigenvalue weighted by Crippen LogP contribution is -2.33. The Morgan fingerprint density at radius 3 is 2.67 bits per heavy atom. The summed E-state index contributed by atoms with van der Waals surface area (Å²) in [6.45, 7) is 0.907. The van der Waals surface area contributed by atoms with Crippen LogP contribution in [0.2, 0.25) is 0 Å². The van der Waals surface area contributed by atoms with Gasteiger partial charge in [0.15, 0.2) is 0 Å².